The molecule has 6 nitrogen and oxygen atoms in total. The van der Waals surface area contributed by atoms with Crippen molar-refractivity contribution in [3.63, 3.8) is 0 Å². The molecule has 2 amide bonds. The van der Waals surface area contributed by atoms with Crippen LogP contribution in [0.5, 0.6) is 0 Å². The molecular formula is C16H21N5OS. The van der Waals surface area contributed by atoms with Crippen molar-refractivity contribution in [1.29, 1.82) is 0 Å². The normalized spacial score (nSPS) is 15.0. The van der Waals surface area contributed by atoms with Crippen LogP contribution >= 0.6 is 11.3 Å². The van der Waals surface area contributed by atoms with Crippen molar-refractivity contribution in [3.8, 4) is 0 Å². The molecule has 0 saturated heterocycles. The Morgan fingerprint density at radius 3 is 2.87 bits per heavy atom. The minimum absolute atomic E-state index is 0.119. The van der Waals surface area contributed by atoms with Crippen LogP contribution in [0.15, 0.2) is 29.8 Å². The maximum absolute atomic E-state index is 11.9. The molecule has 23 heavy (non-hydrogen) atoms. The Morgan fingerprint density at radius 2 is 2.13 bits per heavy atom. The zero-order chi connectivity index (χ0) is 16.3. The van der Waals surface area contributed by atoms with Crippen molar-refractivity contribution in [2.45, 2.75) is 32.4 Å². The molecule has 2 aromatic rings. The van der Waals surface area contributed by atoms with Gasteiger partial charge in [0.1, 0.15) is 5.51 Å². The molecule has 0 bridgehead atoms. The summed E-state index contributed by atoms with van der Waals surface area (Å²) in [4.78, 5) is 14.4. The van der Waals surface area contributed by atoms with Gasteiger partial charge in [0.2, 0.25) is 5.13 Å². The predicted octanol–water partition coefficient (Wildman–Crippen LogP) is 2.50. The Balaban J connectivity index is 1.56. The summed E-state index contributed by atoms with van der Waals surface area (Å²) < 4.78 is 0. The molecule has 0 aliphatic carbocycles. The zero-order valence-electron chi connectivity index (χ0n) is 13.4. The first-order valence-electron chi connectivity index (χ1n) is 7.67. The van der Waals surface area contributed by atoms with Crippen LogP contribution < -0.4 is 10.6 Å². The van der Waals surface area contributed by atoms with Gasteiger partial charge in [-0.2, -0.15) is 0 Å². The Bertz CT molecular complexity index is 671. The second-order valence-electron chi connectivity index (χ2n) is 6.30. The molecule has 7 heteroatoms. The number of anilines is 1. The second kappa shape index (κ2) is 6.64. The van der Waals surface area contributed by atoms with Crippen LogP contribution in [0.25, 0.3) is 0 Å². The molecule has 1 aliphatic rings. The smallest absolute Gasteiger partial charge is 0.321 e. The minimum atomic E-state index is -0.243. The first-order chi connectivity index (χ1) is 11.0. The summed E-state index contributed by atoms with van der Waals surface area (Å²) in [6.07, 6.45) is 1.05. The van der Waals surface area contributed by atoms with E-state index < -0.39 is 0 Å². The number of carbonyl (C=O) groups excluding carboxylic acids is 1. The summed E-state index contributed by atoms with van der Waals surface area (Å²) in [5, 5.41) is 13.6. The molecule has 0 unspecified atom stereocenters. The third-order valence-corrected chi connectivity index (χ3v) is 4.86. The van der Waals surface area contributed by atoms with Crippen LogP contribution in [0.2, 0.25) is 0 Å². The van der Waals surface area contributed by atoms with Gasteiger partial charge in [-0.25, -0.2) is 4.79 Å². The van der Waals surface area contributed by atoms with Crippen LogP contribution in [0.3, 0.4) is 0 Å². The van der Waals surface area contributed by atoms with Gasteiger partial charge in [0.25, 0.3) is 0 Å². The van der Waals surface area contributed by atoms with E-state index in [2.05, 4.69) is 63.8 Å². The van der Waals surface area contributed by atoms with Crippen LogP contribution in [0.1, 0.15) is 25.0 Å². The maximum atomic E-state index is 11.9. The summed E-state index contributed by atoms with van der Waals surface area (Å²) in [7, 11) is 0. The number of rotatable bonds is 4. The predicted molar refractivity (Wildman–Crippen MR) is 91.6 cm³/mol. The lowest BCUT2D eigenvalue weighted by atomic mass is 9.94. The molecular weight excluding hydrogens is 310 g/mol. The number of benzene rings is 1. The molecule has 0 atom stereocenters. The number of amides is 2. The molecule has 1 aromatic heterocycles. The number of hydrogen-bond donors (Lipinski definition) is 2. The third kappa shape index (κ3) is 3.86. The van der Waals surface area contributed by atoms with E-state index in [9.17, 15) is 4.79 Å². The molecule has 0 radical (unpaired) electrons. The molecule has 3 rings (SSSR count). The van der Waals surface area contributed by atoms with Gasteiger partial charge in [-0.15, -0.1) is 10.2 Å². The quantitative estimate of drug-likeness (QED) is 0.903. The third-order valence-electron chi connectivity index (χ3n) is 4.25. The standard InChI is InChI=1S/C16H21N5OS/c1-16(2,10-17-14(22)19-15-20-18-11-23-15)21-8-7-12-5-3-4-6-13(12)9-21/h3-6,11H,7-10H2,1-2H3,(H2,17,19,20,22). The average molecular weight is 331 g/mol. The van der Waals surface area contributed by atoms with Crippen molar-refractivity contribution >= 4 is 22.5 Å². The highest BCUT2D eigenvalue weighted by Crippen LogP contribution is 2.24. The van der Waals surface area contributed by atoms with Crippen LogP contribution in [-0.2, 0) is 13.0 Å². The van der Waals surface area contributed by atoms with Crippen molar-refractivity contribution in [2.24, 2.45) is 0 Å². The van der Waals surface area contributed by atoms with Crippen molar-refractivity contribution in [2.75, 3.05) is 18.4 Å². The first-order valence-corrected chi connectivity index (χ1v) is 8.55. The SMILES string of the molecule is CC(C)(CNC(=O)Nc1nncs1)N1CCc2ccccc2C1. The monoisotopic (exact) mass is 331 g/mol. The lowest BCUT2D eigenvalue weighted by molar-refractivity contribution is 0.105. The van der Waals surface area contributed by atoms with Gasteiger partial charge in [-0.3, -0.25) is 10.2 Å². The Kier molecular flexibility index (Phi) is 4.58. The molecule has 2 heterocycles. The number of nitrogens with one attached hydrogen (secondary N) is 2. The molecule has 0 fully saturated rings. The Labute approximate surface area is 139 Å². The number of carbonyl (C=O) groups is 1. The van der Waals surface area contributed by atoms with E-state index in [0.717, 1.165) is 19.5 Å². The van der Waals surface area contributed by atoms with Gasteiger partial charge >= 0.3 is 6.03 Å². The molecule has 1 aromatic carbocycles. The summed E-state index contributed by atoms with van der Waals surface area (Å²) in [5.41, 5.74) is 4.28. The minimum Gasteiger partial charge on any atom is -0.336 e. The van der Waals surface area contributed by atoms with E-state index in [1.54, 1.807) is 5.51 Å². The highest BCUT2D eigenvalue weighted by Gasteiger charge is 2.30. The molecule has 0 saturated carbocycles. The number of hydrogen-bond acceptors (Lipinski definition) is 5. The molecule has 0 spiro atoms. The topological polar surface area (TPSA) is 70.1 Å². The summed E-state index contributed by atoms with van der Waals surface area (Å²) in [5.74, 6) is 0. The van der Waals surface area contributed by atoms with Crippen LogP contribution in [0.4, 0.5) is 9.93 Å². The van der Waals surface area contributed by atoms with Gasteiger partial charge in [-0.05, 0) is 31.4 Å². The van der Waals surface area contributed by atoms with Crippen molar-refractivity contribution in [3.05, 3.63) is 40.9 Å². The van der Waals surface area contributed by atoms with Crippen molar-refractivity contribution < 1.29 is 4.79 Å². The summed E-state index contributed by atoms with van der Waals surface area (Å²) in [6.45, 7) is 6.81. The highest BCUT2D eigenvalue weighted by atomic mass is 32.1. The summed E-state index contributed by atoms with van der Waals surface area (Å²) >= 11 is 1.30. The van der Waals surface area contributed by atoms with E-state index >= 15 is 0 Å². The van der Waals surface area contributed by atoms with Gasteiger partial charge in [0.15, 0.2) is 0 Å². The largest absolute Gasteiger partial charge is 0.336 e. The number of urea groups is 1. The van der Waals surface area contributed by atoms with Gasteiger partial charge in [0, 0.05) is 25.2 Å². The number of aromatic nitrogens is 2. The van der Waals surface area contributed by atoms with Crippen LogP contribution in [0, 0.1) is 0 Å². The highest BCUT2D eigenvalue weighted by molar-refractivity contribution is 7.13. The fourth-order valence-corrected chi connectivity index (χ4v) is 3.23. The summed E-state index contributed by atoms with van der Waals surface area (Å²) in [6, 6.07) is 8.33. The fourth-order valence-electron chi connectivity index (χ4n) is 2.79. The number of fused-ring (bicyclic) bond motifs is 1. The van der Waals surface area contributed by atoms with Crippen molar-refractivity contribution in [1.82, 2.24) is 20.4 Å². The average Bonchev–Trinajstić information content (AvgIpc) is 3.05. The van der Waals surface area contributed by atoms with E-state index in [4.69, 9.17) is 0 Å². The second-order valence-corrected chi connectivity index (χ2v) is 7.14. The lowest BCUT2D eigenvalue weighted by Gasteiger charge is -2.41. The van der Waals surface area contributed by atoms with E-state index in [1.807, 2.05) is 0 Å². The lowest BCUT2D eigenvalue weighted by Crippen LogP contribution is -2.53. The van der Waals surface area contributed by atoms with Gasteiger partial charge < -0.3 is 5.32 Å². The molecule has 122 valence electrons. The fraction of sp³-hybridized carbons (Fsp3) is 0.438. The van der Waals surface area contributed by atoms with Gasteiger partial charge in [-0.1, -0.05) is 35.6 Å². The van der Waals surface area contributed by atoms with Gasteiger partial charge in [0.05, 0.1) is 0 Å². The van der Waals surface area contributed by atoms with E-state index in [-0.39, 0.29) is 11.6 Å². The maximum Gasteiger partial charge on any atom is 0.321 e. The zero-order valence-corrected chi connectivity index (χ0v) is 14.2. The molecule has 1 aliphatic heterocycles. The van der Waals surface area contributed by atoms with Crippen LogP contribution in [-0.4, -0.2) is 39.8 Å². The van der Waals surface area contributed by atoms with E-state index in [0.29, 0.717) is 11.7 Å². The first kappa shape index (κ1) is 15.9. The van der Waals surface area contributed by atoms with E-state index in [1.165, 1.54) is 22.5 Å². The number of nitrogens with zero attached hydrogens (tertiary/aromatic N) is 3. The molecule has 2 N–H and O–H groups in total. The Hall–Kier alpha value is -1.99. The Morgan fingerprint density at radius 1 is 1.35 bits per heavy atom.